The van der Waals surface area contributed by atoms with Gasteiger partial charge < -0.3 is 16.8 Å². The molecule has 3 rings (SSSR count). The highest BCUT2D eigenvalue weighted by Gasteiger charge is 2.31. The lowest BCUT2D eigenvalue weighted by Gasteiger charge is -2.32. The van der Waals surface area contributed by atoms with E-state index in [0.717, 1.165) is 24.2 Å². The minimum atomic E-state index is 0.168. The smallest absolute Gasteiger partial charge is 0.222 e. The summed E-state index contributed by atoms with van der Waals surface area (Å²) in [6.07, 6.45) is 0.950. The Bertz CT molecular complexity index is 611. The summed E-state index contributed by atoms with van der Waals surface area (Å²) in [4.78, 5) is 8.59. The second-order valence-corrected chi connectivity index (χ2v) is 5.10. The van der Waals surface area contributed by atoms with Gasteiger partial charge in [-0.25, -0.2) is 4.98 Å². The molecule has 0 bridgehead atoms. The van der Waals surface area contributed by atoms with E-state index >= 15 is 0 Å². The molecule has 2 aromatic rings. The largest absolute Gasteiger partial charge is 0.383 e. The molecule has 2 unspecified atom stereocenters. The molecule has 20 heavy (non-hydrogen) atoms. The summed E-state index contributed by atoms with van der Waals surface area (Å²) in [6.45, 7) is 2.96. The van der Waals surface area contributed by atoms with Gasteiger partial charge in [0.05, 0.1) is 5.69 Å². The van der Waals surface area contributed by atoms with Crippen LogP contribution in [0.15, 0.2) is 30.3 Å². The second kappa shape index (κ2) is 5.09. The van der Waals surface area contributed by atoms with Gasteiger partial charge in [-0.15, -0.1) is 0 Å². The van der Waals surface area contributed by atoms with E-state index in [1.165, 1.54) is 5.56 Å². The summed E-state index contributed by atoms with van der Waals surface area (Å²) in [5.41, 5.74) is 15.0. The highest BCUT2D eigenvalue weighted by Crippen LogP contribution is 2.37. The summed E-state index contributed by atoms with van der Waals surface area (Å²) < 4.78 is 0. The minimum Gasteiger partial charge on any atom is -0.383 e. The lowest BCUT2D eigenvalue weighted by Crippen LogP contribution is -2.35. The first kappa shape index (κ1) is 12.9. The van der Waals surface area contributed by atoms with Crippen LogP contribution in [0.2, 0.25) is 0 Å². The van der Waals surface area contributed by atoms with Gasteiger partial charge in [0.25, 0.3) is 0 Å². The Hall–Kier alpha value is -2.14. The molecule has 2 heterocycles. The molecule has 0 radical (unpaired) electrons. The van der Waals surface area contributed by atoms with Crippen molar-refractivity contribution in [3.05, 3.63) is 47.2 Å². The molecular formula is C15H19N5. The SMILES string of the molecule is CCC1NCC(c2ccccc2)c2nc(N)nc(N)c21. The molecule has 5 heteroatoms. The van der Waals surface area contributed by atoms with Crippen LogP contribution < -0.4 is 16.8 Å². The maximum Gasteiger partial charge on any atom is 0.222 e. The number of nitrogens with one attached hydrogen (secondary N) is 1. The average Bonchev–Trinajstić information content (AvgIpc) is 2.46. The fourth-order valence-electron chi connectivity index (χ4n) is 2.91. The van der Waals surface area contributed by atoms with Gasteiger partial charge in [-0.3, -0.25) is 0 Å². The van der Waals surface area contributed by atoms with Crippen molar-refractivity contribution in [2.75, 3.05) is 18.0 Å². The number of aromatic nitrogens is 2. The van der Waals surface area contributed by atoms with Crippen molar-refractivity contribution in [2.24, 2.45) is 0 Å². The van der Waals surface area contributed by atoms with Crippen LogP contribution in [0, 0.1) is 0 Å². The Morgan fingerprint density at radius 1 is 1.20 bits per heavy atom. The Balaban J connectivity index is 2.14. The van der Waals surface area contributed by atoms with E-state index in [0.29, 0.717) is 5.82 Å². The van der Waals surface area contributed by atoms with E-state index in [-0.39, 0.29) is 17.9 Å². The third-order valence-corrected chi connectivity index (χ3v) is 3.88. The van der Waals surface area contributed by atoms with Gasteiger partial charge in [0, 0.05) is 24.1 Å². The van der Waals surface area contributed by atoms with Crippen molar-refractivity contribution in [2.45, 2.75) is 25.3 Å². The van der Waals surface area contributed by atoms with Crippen LogP contribution in [0.25, 0.3) is 0 Å². The van der Waals surface area contributed by atoms with Crippen molar-refractivity contribution in [1.82, 2.24) is 15.3 Å². The van der Waals surface area contributed by atoms with Gasteiger partial charge in [-0.2, -0.15) is 4.98 Å². The summed E-state index contributed by atoms with van der Waals surface area (Å²) in [5, 5.41) is 3.53. The summed E-state index contributed by atoms with van der Waals surface area (Å²) in [6, 6.07) is 10.5. The Kier molecular flexibility index (Phi) is 3.28. The molecule has 1 aromatic heterocycles. The molecule has 5 N–H and O–H groups in total. The van der Waals surface area contributed by atoms with Gasteiger partial charge >= 0.3 is 0 Å². The lowest BCUT2D eigenvalue weighted by molar-refractivity contribution is 0.460. The minimum absolute atomic E-state index is 0.168. The van der Waals surface area contributed by atoms with Crippen molar-refractivity contribution >= 4 is 11.8 Å². The fraction of sp³-hybridized carbons (Fsp3) is 0.333. The molecule has 2 atom stereocenters. The molecule has 104 valence electrons. The van der Waals surface area contributed by atoms with Crippen LogP contribution in [0.5, 0.6) is 0 Å². The molecule has 0 fully saturated rings. The standard InChI is InChI=1S/C15H19N5/c1-2-11-12-13(19-15(17)20-14(12)16)10(8-18-11)9-6-4-3-5-7-9/h3-7,10-11,18H,2,8H2,1H3,(H4,16,17,19,20). The zero-order valence-electron chi connectivity index (χ0n) is 11.5. The van der Waals surface area contributed by atoms with Gasteiger partial charge in [-0.05, 0) is 12.0 Å². The van der Waals surface area contributed by atoms with Crippen LogP contribution in [0.1, 0.15) is 42.1 Å². The Morgan fingerprint density at radius 2 is 1.95 bits per heavy atom. The molecule has 1 aromatic carbocycles. The van der Waals surface area contributed by atoms with E-state index in [1.54, 1.807) is 0 Å². The lowest BCUT2D eigenvalue weighted by atomic mass is 9.85. The number of hydrogen-bond donors (Lipinski definition) is 3. The van der Waals surface area contributed by atoms with Crippen LogP contribution >= 0.6 is 0 Å². The van der Waals surface area contributed by atoms with E-state index in [1.807, 2.05) is 18.2 Å². The first-order valence-electron chi connectivity index (χ1n) is 6.91. The van der Waals surface area contributed by atoms with Gasteiger partial charge in [0.2, 0.25) is 5.95 Å². The maximum atomic E-state index is 6.08. The topological polar surface area (TPSA) is 89.8 Å². The molecule has 0 amide bonds. The maximum absolute atomic E-state index is 6.08. The molecule has 0 aliphatic carbocycles. The van der Waals surface area contributed by atoms with E-state index in [9.17, 15) is 0 Å². The molecule has 1 aliphatic heterocycles. The van der Waals surface area contributed by atoms with Crippen molar-refractivity contribution < 1.29 is 0 Å². The van der Waals surface area contributed by atoms with Crippen LogP contribution in [0.3, 0.4) is 0 Å². The van der Waals surface area contributed by atoms with E-state index in [2.05, 4.69) is 34.3 Å². The van der Waals surface area contributed by atoms with E-state index < -0.39 is 0 Å². The van der Waals surface area contributed by atoms with Crippen molar-refractivity contribution in [1.29, 1.82) is 0 Å². The highest BCUT2D eigenvalue weighted by atomic mass is 15.1. The fourth-order valence-corrected chi connectivity index (χ4v) is 2.91. The number of nitrogens with two attached hydrogens (primary N) is 2. The van der Waals surface area contributed by atoms with Gasteiger partial charge in [0.15, 0.2) is 0 Å². The van der Waals surface area contributed by atoms with Gasteiger partial charge in [-0.1, -0.05) is 37.3 Å². The van der Waals surface area contributed by atoms with E-state index in [4.69, 9.17) is 11.5 Å². The number of rotatable bonds is 2. The number of nitrogen functional groups attached to an aromatic ring is 2. The predicted molar refractivity (Wildman–Crippen MR) is 80.2 cm³/mol. The van der Waals surface area contributed by atoms with Crippen LogP contribution in [-0.2, 0) is 0 Å². The number of nitrogens with zero attached hydrogens (tertiary/aromatic N) is 2. The monoisotopic (exact) mass is 269 g/mol. The predicted octanol–water partition coefficient (Wildman–Crippen LogP) is 1.83. The third kappa shape index (κ3) is 2.10. The molecule has 1 aliphatic rings. The highest BCUT2D eigenvalue weighted by molar-refractivity contribution is 5.52. The molecule has 0 saturated heterocycles. The quantitative estimate of drug-likeness (QED) is 0.774. The number of benzene rings is 1. The van der Waals surface area contributed by atoms with Crippen molar-refractivity contribution in [3.63, 3.8) is 0 Å². The van der Waals surface area contributed by atoms with Gasteiger partial charge in [0.1, 0.15) is 5.82 Å². The average molecular weight is 269 g/mol. The van der Waals surface area contributed by atoms with Crippen LogP contribution in [-0.4, -0.2) is 16.5 Å². The zero-order valence-corrected chi connectivity index (χ0v) is 11.5. The number of anilines is 2. The first-order valence-corrected chi connectivity index (χ1v) is 6.91. The Morgan fingerprint density at radius 3 is 2.65 bits per heavy atom. The summed E-state index contributed by atoms with van der Waals surface area (Å²) in [5.74, 6) is 0.910. The molecule has 0 spiro atoms. The van der Waals surface area contributed by atoms with Crippen LogP contribution in [0.4, 0.5) is 11.8 Å². The first-order chi connectivity index (χ1) is 9.70. The molecule has 0 saturated carbocycles. The second-order valence-electron chi connectivity index (χ2n) is 5.10. The number of fused-ring (bicyclic) bond motifs is 1. The summed E-state index contributed by atoms with van der Waals surface area (Å²) in [7, 11) is 0. The molecule has 5 nitrogen and oxygen atoms in total. The summed E-state index contributed by atoms with van der Waals surface area (Å²) >= 11 is 0. The zero-order chi connectivity index (χ0) is 14.1. The number of hydrogen-bond acceptors (Lipinski definition) is 5. The normalized spacial score (nSPS) is 21.4. The third-order valence-electron chi connectivity index (χ3n) is 3.88. The Labute approximate surface area is 118 Å². The van der Waals surface area contributed by atoms with Crippen molar-refractivity contribution in [3.8, 4) is 0 Å². The molecular weight excluding hydrogens is 250 g/mol.